The van der Waals surface area contributed by atoms with Crippen LogP contribution in [-0.4, -0.2) is 63.3 Å². The van der Waals surface area contributed by atoms with Crippen LogP contribution in [0.2, 0.25) is 0 Å². The van der Waals surface area contributed by atoms with Crippen LogP contribution in [0.5, 0.6) is 0 Å². The smallest absolute Gasteiger partial charge is 0.223 e. The molecule has 0 unspecified atom stereocenters. The van der Waals surface area contributed by atoms with E-state index in [9.17, 15) is 0 Å². The summed E-state index contributed by atoms with van der Waals surface area (Å²) in [5, 5.41) is 5.71. The molecule has 0 aromatic carbocycles. The Morgan fingerprint density at radius 3 is 1.83 bits per heavy atom. The van der Waals surface area contributed by atoms with Crippen LogP contribution in [0.1, 0.15) is 0 Å². The maximum Gasteiger partial charge on any atom is 0.223 e. The van der Waals surface area contributed by atoms with Crippen molar-refractivity contribution in [1.29, 1.82) is 0 Å². The minimum absolute atomic E-state index is 0.810. The first-order valence-electron chi connectivity index (χ1n) is 3.80. The van der Waals surface area contributed by atoms with Crippen molar-refractivity contribution in [3.05, 3.63) is 0 Å². The standard InChI is InChI=1S/C7H19N5/c1-8-7(9-10(2)3)12(6)11(4)5/h1-6H3,(H,8,9). The molecular formula is C7H19N5. The van der Waals surface area contributed by atoms with E-state index in [1.165, 1.54) is 0 Å². The summed E-state index contributed by atoms with van der Waals surface area (Å²) in [5.74, 6) is 0.810. The zero-order valence-corrected chi connectivity index (χ0v) is 8.79. The van der Waals surface area contributed by atoms with E-state index in [4.69, 9.17) is 0 Å². The van der Waals surface area contributed by atoms with E-state index in [1.54, 1.807) is 7.05 Å². The number of nitrogens with one attached hydrogen (secondary N) is 1. The second-order valence-electron chi connectivity index (χ2n) is 2.92. The summed E-state index contributed by atoms with van der Waals surface area (Å²) in [6.45, 7) is 0. The van der Waals surface area contributed by atoms with Crippen molar-refractivity contribution in [2.75, 3.05) is 42.3 Å². The second kappa shape index (κ2) is 4.95. The number of nitrogens with zero attached hydrogens (tertiary/aromatic N) is 4. The summed E-state index contributed by atoms with van der Waals surface area (Å²) in [7, 11) is 11.5. The molecule has 0 aliphatic heterocycles. The maximum absolute atomic E-state index is 4.10. The van der Waals surface area contributed by atoms with Gasteiger partial charge in [0.25, 0.3) is 0 Å². The van der Waals surface area contributed by atoms with E-state index in [2.05, 4.69) is 10.4 Å². The summed E-state index contributed by atoms with van der Waals surface area (Å²) in [4.78, 5) is 4.10. The molecule has 5 nitrogen and oxygen atoms in total. The Morgan fingerprint density at radius 1 is 1.08 bits per heavy atom. The van der Waals surface area contributed by atoms with Gasteiger partial charge in [-0.3, -0.25) is 15.4 Å². The molecule has 0 aliphatic rings. The van der Waals surface area contributed by atoms with Gasteiger partial charge >= 0.3 is 0 Å². The van der Waals surface area contributed by atoms with Gasteiger partial charge in [-0.1, -0.05) is 0 Å². The second-order valence-corrected chi connectivity index (χ2v) is 2.92. The highest BCUT2D eigenvalue weighted by Gasteiger charge is 2.06. The zero-order valence-electron chi connectivity index (χ0n) is 8.79. The first-order chi connectivity index (χ1) is 5.49. The van der Waals surface area contributed by atoms with Crippen LogP contribution < -0.4 is 5.43 Å². The Labute approximate surface area is 74.6 Å². The number of hydrazine groups is 2. The highest BCUT2D eigenvalue weighted by molar-refractivity contribution is 5.78. The third-order valence-electron chi connectivity index (χ3n) is 1.44. The van der Waals surface area contributed by atoms with Crippen molar-refractivity contribution in [2.24, 2.45) is 4.99 Å². The molecule has 0 radical (unpaired) electrons. The van der Waals surface area contributed by atoms with Gasteiger partial charge < -0.3 is 0 Å². The van der Waals surface area contributed by atoms with Gasteiger partial charge in [0.05, 0.1) is 0 Å². The van der Waals surface area contributed by atoms with Gasteiger partial charge in [-0.05, 0) is 0 Å². The molecule has 0 bridgehead atoms. The average molecular weight is 173 g/mol. The van der Waals surface area contributed by atoms with Crippen LogP contribution in [0.25, 0.3) is 0 Å². The minimum Gasteiger partial charge on any atom is -0.288 e. The molecule has 1 N–H and O–H groups in total. The van der Waals surface area contributed by atoms with Gasteiger partial charge in [-0.25, -0.2) is 10.0 Å². The van der Waals surface area contributed by atoms with Crippen LogP contribution in [-0.2, 0) is 0 Å². The topological polar surface area (TPSA) is 34.1 Å². The first kappa shape index (κ1) is 11.2. The Balaban J connectivity index is 4.17. The molecule has 12 heavy (non-hydrogen) atoms. The summed E-state index contributed by atoms with van der Waals surface area (Å²) in [5.41, 5.74) is 3.08. The van der Waals surface area contributed by atoms with Gasteiger partial charge in [0, 0.05) is 42.3 Å². The van der Waals surface area contributed by atoms with Gasteiger partial charge in [0.1, 0.15) is 0 Å². The predicted octanol–water partition coefficient (Wildman–Crippen LogP) is -0.553. The molecule has 0 aromatic heterocycles. The fourth-order valence-electron chi connectivity index (χ4n) is 0.657. The van der Waals surface area contributed by atoms with Crippen molar-refractivity contribution >= 4 is 5.96 Å². The summed E-state index contributed by atoms with van der Waals surface area (Å²) < 4.78 is 0. The van der Waals surface area contributed by atoms with Crippen molar-refractivity contribution in [3.63, 3.8) is 0 Å². The monoisotopic (exact) mass is 173 g/mol. The van der Waals surface area contributed by atoms with Crippen LogP contribution in [0.4, 0.5) is 0 Å². The Kier molecular flexibility index (Phi) is 4.61. The predicted molar refractivity (Wildman–Crippen MR) is 51.6 cm³/mol. The number of guanidine groups is 1. The van der Waals surface area contributed by atoms with Crippen molar-refractivity contribution in [2.45, 2.75) is 0 Å². The van der Waals surface area contributed by atoms with E-state index < -0.39 is 0 Å². The first-order valence-corrected chi connectivity index (χ1v) is 3.80. The fraction of sp³-hybridized carbons (Fsp3) is 0.857. The molecule has 0 rings (SSSR count). The Hall–Kier alpha value is -0.810. The number of rotatable bonds is 2. The van der Waals surface area contributed by atoms with E-state index >= 15 is 0 Å². The molecule has 0 saturated heterocycles. The van der Waals surface area contributed by atoms with Crippen molar-refractivity contribution < 1.29 is 0 Å². The molecule has 0 saturated carbocycles. The van der Waals surface area contributed by atoms with Gasteiger partial charge in [-0.15, -0.1) is 0 Å². The molecule has 0 amide bonds. The minimum atomic E-state index is 0.810. The third-order valence-corrected chi connectivity index (χ3v) is 1.44. The summed E-state index contributed by atoms with van der Waals surface area (Å²) in [6.07, 6.45) is 0. The normalized spacial score (nSPS) is 12.5. The van der Waals surface area contributed by atoms with Gasteiger partial charge in [0.2, 0.25) is 5.96 Å². The van der Waals surface area contributed by atoms with Crippen LogP contribution in [0, 0.1) is 0 Å². The van der Waals surface area contributed by atoms with Crippen molar-refractivity contribution in [1.82, 2.24) is 20.5 Å². The third kappa shape index (κ3) is 3.54. The molecule has 0 heterocycles. The quantitative estimate of drug-likeness (QED) is 0.345. The lowest BCUT2D eigenvalue weighted by atomic mass is 10.8. The number of hydrogen-bond acceptors (Lipinski definition) is 3. The molecule has 0 spiro atoms. The van der Waals surface area contributed by atoms with E-state index in [0.29, 0.717) is 0 Å². The SMILES string of the molecule is CN=C(NN(C)C)N(C)N(C)C. The lowest BCUT2D eigenvalue weighted by Crippen LogP contribution is -2.50. The molecule has 0 aromatic rings. The Morgan fingerprint density at radius 2 is 1.58 bits per heavy atom. The lowest BCUT2D eigenvalue weighted by molar-refractivity contribution is 0.129. The Bertz CT molecular complexity index is 152. The molecule has 72 valence electrons. The number of aliphatic imine (C=N–C) groups is 1. The van der Waals surface area contributed by atoms with Gasteiger partial charge in [0.15, 0.2) is 0 Å². The summed E-state index contributed by atoms with van der Waals surface area (Å²) in [6, 6.07) is 0. The number of hydrogen-bond donors (Lipinski definition) is 1. The highest BCUT2D eigenvalue weighted by atomic mass is 15.7. The van der Waals surface area contributed by atoms with E-state index in [1.807, 2.05) is 50.3 Å². The van der Waals surface area contributed by atoms with Crippen LogP contribution >= 0.6 is 0 Å². The largest absolute Gasteiger partial charge is 0.288 e. The zero-order chi connectivity index (χ0) is 9.72. The molecule has 0 atom stereocenters. The van der Waals surface area contributed by atoms with E-state index in [0.717, 1.165) is 5.96 Å². The maximum atomic E-state index is 4.10. The van der Waals surface area contributed by atoms with Crippen LogP contribution in [0.3, 0.4) is 0 Å². The average Bonchev–Trinajstić information content (AvgIpc) is 1.98. The fourth-order valence-corrected chi connectivity index (χ4v) is 0.657. The lowest BCUT2D eigenvalue weighted by Gasteiger charge is -2.29. The highest BCUT2D eigenvalue weighted by Crippen LogP contribution is 1.87. The van der Waals surface area contributed by atoms with Crippen molar-refractivity contribution in [3.8, 4) is 0 Å². The van der Waals surface area contributed by atoms with Crippen LogP contribution in [0.15, 0.2) is 4.99 Å². The molecule has 5 heteroatoms. The van der Waals surface area contributed by atoms with Gasteiger partial charge in [-0.2, -0.15) is 0 Å². The molecule has 0 fully saturated rings. The molecular weight excluding hydrogens is 154 g/mol. The van der Waals surface area contributed by atoms with E-state index in [-0.39, 0.29) is 0 Å². The summed E-state index contributed by atoms with van der Waals surface area (Å²) >= 11 is 0. The molecule has 0 aliphatic carbocycles.